The molecular weight excluding hydrogens is 560 g/mol. The van der Waals surface area contributed by atoms with Gasteiger partial charge in [0.1, 0.15) is 0 Å². The zero-order chi connectivity index (χ0) is 30.5. The van der Waals surface area contributed by atoms with Crippen LogP contribution in [0.5, 0.6) is 11.5 Å². The van der Waals surface area contributed by atoms with Crippen LogP contribution in [0.15, 0.2) is 18.2 Å². The number of amides is 1. The second-order valence-corrected chi connectivity index (χ2v) is 15.0. The van der Waals surface area contributed by atoms with Crippen molar-refractivity contribution in [1.82, 2.24) is 14.1 Å². The van der Waals surface area contributed by atoms with E-state index in [4.69, 9.17) is 9.47 Å². The Morgan fingerprint density at radius 2 is 1.83 bits per heavy atom. The van der Waals surface area contributed by atoms with E-state index in [-0.39, 0.29) is 37.5 Å². The number of quaternary nitrogens is 1. The maximum atomic E-state index is 13.8. The maximum Gasteiger partial charge on any atom is 0.308 e. The Bertz CT molecular complexity index is 1200. The molecule has 0 aromatic heterocycles. The van der Waals surface area contributed by atoms with Crippen LogP contribution in [0.1, 0.15) is 56.9 Å². The lowest BCUT2D eigenvalue weighted by Gasteiger charge is -2.31. The van der Waals surface area contributed by atoms with Gasteiger partial charge in [-0.2, -0.15) is 0 Å². The average Bonchev–Trinajstić information content (AvgIpc) is 3.62. The summed E-state index contributed by atoms with van der Waals surface area (Å²) in [5.74, 6) is -0.764. The van der Waals surface area contributed by atoms with E-state index in [1.54, 1.807) is 6.07 Å². The van der Waals surface area contributed by atoms with E-state index < -0.39 is 28.0 Å². The number of carbonyl (C=O) groups is 2. The highest BCUT2D eigenvalue weighted by Gasteiger charge is 2.48. The van der Waals surface area contributed by atoms with Gasteiger partial charge in [0.25, 0.3) is 0 Å². The van der Waals surface area contributed by atoms with Crippen LogP contribution < -0.4 is 9.47 Å². The van der Waals surface area contributed by atoms with Crippen LogP contribution in [-0.4, -0.2) is 130 Å². The molecule has 236 valence electrons. The molecule has 2 saturated heterocycles. The van der Waals surface area contributed by atoms with Gasteiger partial charge in [-0.15, -0.1) is 0 Å². The summed E-state index contributed by atoms with van der Waals surface area (Å²) >= 11 is 0. The Morgan fingerprint density at radius 3 is 2.50 bits per heavy atom. The Hall–Kier alpha value is -2.41. The number of benzene rings is 1. The number of aliphatic carboxylic acids is 1. The zero-order valence-electron chi connectivity index (χ0n) is 25.7. The van der Waals surface area contributed by atoms with Gasteiger partial charge in [-0.05, 0) is 49.8 Å². The highest BCUT2D eigenvalue weighted by atomic mass is 32.2. The summed E-state index contributed by atoms with van der Waals surface area (Å²) < 4.78 is 38.4. The van der Waals surface area contributed by atoms with Gasteiger partial charge in [-0.1, -0.05) is 19.4 Å². The van der Waals surface area contributed by atoms with Crippen LogP contribution in [0.3, 0.4) is 0 Å². The molecule has 3 atom stereocenters. The number of ether oxygens (including phenoxy) is 2. The third-order valence-electron chi connectivity index (χ3n) is 8.72. The lowest BCUT2D eigenvalue weighted by atomic mass is 9.84. The van der Waals surface area contributed by atoms with E-state index in [1.807, 2.05) is 21.9 Å². The van der Waals surface area contributed by atoms with E-state index in [0.29, 0.717) is 50.5 Å². The molecule has 0 bridgehead atoms. The third kappa shape index (κ3) is 8.15. The van der Waals surface area contributed by atoms with Gasteiger partial charge < -0.3 is 24.0 Å². The average molecular weight is 610 g/mol. The van der Waals surface area contributed by atoms with Crippen molar-refractivity contribution >= 4 is 21.9 Å². The van der Waals surface area contributed by atoms with Crippen molar-refractivity contribution < 1.29 is 37.1 Å². The number of carbonyl (C=O) groups excluding carboxylic acids is 1. The first-order valence-electron chi connectivity index (χ1n) is 15.3. The Kier molecular flexibility index (Phi) is 10.8. The SMILES string of the molecule is CCCCN(CCCC[N+](C)(C)C)C(=O)CN1C[C@H](c2ccc3c(c2)OCO3)[C@@H](C(=O)O)[C@@H]1CCN1CCCS1(=O)=O. The summed E-state index contributed by atoms with van der Waals surface area (Å²) in [5, 5.41) is 10.5. The smallest absolute Gasteiger partial charge is 0.308 e. The lowest BCUT2D eigenvalue weighted by molar-refractivity contribution is -0.870. The van der Waals surface area contributed by atoms with E-state index in [0.717, 1.165) is 42.3 Å². The van der Waals surface area contributed by atoms with Crippen LogP contribution >= 0.6 is 0 Å². The number of unbranched alkanes of at least 4 members (excludes halogenated alkanes) is 2. The van der Waals surface area contributed by atoms with Crippen molar-refractivity contribution in [3.05, 3.63) is 23.8 Å². The van der Waals surface area contributed by atoms with Gasteiger partial charge in [-0.25, -0.2) is 12.7 Å². The lowest BCUT2D eigenvalue weighted by Crippen LogP contribution is -2.46. The predicted octanol–water partition coefficient (Wildman–Crippen LogP) is 2.42. The Labute approximate surface area is 251 Å². The van der Waals surface area contributed by atoms with Gasteiger partial charge >= 0.3 is 5.97 Å². The van der Waals surface area contributed by atoms with Gasteiger partial charge in [-0.3, -0.25) is 14.5 Å². The van der Waals surface area contributed by atoms with E-state index in [1.165, 1.54) is 4.31 Å². The van der Waals surface area contributed by atoms with Crippen LogP contribution in [0.2, 0.25) is 0 Å². The zero-order valence-corrected chi connectivity index (χ0v) is 26.5. The molecule has 0 spiro atoms. The highest BCUT2D eigenvalue weighted by Crippen LogP contribution is 2.43. The molecule has 1 amide bonds. The minimum atomic E-state index is -3.32. The first-order chi connectivity index (χ1) is 19.9. The summed E-state index contributed by atoms with van der Waals surface area (Å²) in [7, 11) is 3.17. The maximum absolute atomic E-state index is 13.8. The summed E-state index contributed by atoms with van der Waals surface area (Å²) in [4.78, 5) is 30.5. The normalized spacial score (nSPS) is 23.9. The van der Waals surface area contributed by atoms with E-state index in [2.05, 4.69) is 28.1 Å². The number of likely N-dealkylation sites (tertiary alicyclic amines) is 1. The topological polar surface area (TPSA) is 117 Å². The van der Waals surface area contributed by atoms with Crippen molar-refractivity contribution in [1.29, 1.82) is 0 Å². The number of hydrogen-bond acceptors (Lipinski definition) is 7. The fraction of sp³-hybridized carbons (Fsp3) is 0.733. The number of fused-ring (bicyclic) bond motifs is 1. The number of hydrogen-bond donors (Lipinski definition) is 1. The van der Waals surface area contributed by atoms with Gasteiger partial charge in [0.2, 0.25) is 22.7 Å². The molecule has 3 aliphatic heterocycles. The summed E-state index contributed by atoms with van der Waals surface area (Å²) in [6.45, 7) is 5.83. The molecule has 1 aromatic rings. The van der Waals surface area contributed by atoms with Gasteiger partial charge in [0.05, 0.1) is 45.9 Å². The van der Waals surface area contributed by atoms with Crippen molar-refractivity contribution in [2.24, 2.45) is 5.92 Å². The van der Waals surface area contributed by atoms with Crippen molar-refractivity contribution in [2.75, 3.05) is 79.5 Å². The van der Waals surface area contributed by atoms with Crippen LogP contribution in [0, 0.1) is 5.92 Å². The van der Waals surface area contributed by atoms with Crippen LogP contribution in [0.25, 0.3) is 0 Å². The standard InChI is InChI=1S/C30H48N4O7S/c1-5-6-13-31(14-7-8-17-34(2,3)4)28(35)21-32-20-24(23-10-11-26-27(19-23)41-22-40-26)29(30(36)37)25(32)12-16-33-15-9-18-42(33,38)39/h10-11,19,24-25,29H,5-9,12-18,20-22H2,1-4H3/p+1/t24-,25+,29-/m1/s1. The third-order valence-corrected chi connectivity index (χ3v) is 10.7. The molecule has 0 saturated carbocycles. The quantitative estimate of drug-likeness (QED) is 0.238. The molecule has 2 fully saturated rings. The van der Waals surface area contributed by atoms with Gasteiger partial charge in [0, 0.05) is 44.7 Å². The van der Waals surface area contributed by atoms with E-state index in [9.17, 15) is 23.1 Å². The molecule has 0 aliphatic carbocycles. The molecule has 1 N–H and O–H groups in total. The number of rotatable bonds is 15. The fourth-order valence-corrected chi connectivity index (χ4v) is 7.97. The predicted molar refractivity (Wildman–Crippen MR) is 160 cm³/mol. The molecule has 42 heavy (non-hydrogen) atoms. The molecule has 0 unspecified atom stereocenters. The van der Waals surface area contributed by atoms with Crippen molar-refractivity contribution in [3.8, 4) is 11.5 Å². The van der Waals surface area contributed by atoms with Crippen LogP contribution in [-0.2, 0) is 19.6 Å². The molecule has 12 heteroatoms. The first-order valence-corrected chi connectivity index (χ1v) is 16.9. The molecule has 3 aliphatic rings. The Balaban J connectivity index is 1.54. The highest BCUT2D eigenvalue weighted by molar-refractivity contribution is 7.89. The minimum Gasteiger partial charge on any atom is -0.481 e. The summed E-state index contributed by atoms with van der Waals surface area (Å²) in [6.07, 6.45) is 4.75. The molecule has 0 radical (unpaired) electrons. The Morgan fingerprint density at radius 1 is 1.10 bits per heavy atom. The second-order valence-electron chi connectivity index (χ2n) is 12.9. The fourth-order valence-electron chi connectivity index (χ4n) is 6.43. The molecule has 11 nitrogen and oxygen atoms in total. The largest absolute Gasteiger partial charge is 0.481 e. The number of nitrogens with zero attached hydrogens (tertiary/aromatic N) is 4. The molecular formula is C30H49N4O7S+. The monoisotopic (exact) mass is 609 g/mol. The summed E-state index contributed by atoms with van der Waals surface area (Å²) in [5.41, 5.74) is 0.823. The number of sulfonamides is 1. The summed E-state index contributed by atoms with van der Waals surface area (Å²) in [6, 6.07) is 5.04. The number of carboxylic acids is 1. The molecule has 3 heterocycles. The molecule has 1 aromatic carbocycles. The number of carboxylic acid groups (broad SMARTS) is 1. The van der Waals surface area contributed by atoms with Gasteiger partial charge in [0.15, 0.2) is 11.5 Å². The van der Waals surface area contributed by atoms with Crippen molar-refractivity contribution in [3.63, 3.8) is 0 Å². The first kappa shape index (κ1) is 32.5. The molecule has 4 rings (SSSR count). The van der Waals surface area contributed by atoms with Crippen LogP contribution in [0.4, 0.5) is 0 Å². The second kappa shape index (κ2) is 13.9. The minimum absolute atomic E-state index is 0.00275. The van der Waals surface area contributed by atoms with E-state index >= 15 is 0 Å². The van der Waals surface area contributed by atoms with Crippen molar-refractivity contribution in [2.45, 2.75) is 57.4 Å².